The van der Waals surface area contributed by atoms with E-state index in [4.69, 9.17) is 0 Å². The van der Waals surface area contributed by atoms with Gasteiger partial charge in [0.05, 0.1) is 4.88 Å². The summed E-state index contributed by atoms with van der Waals surface area (Å²) in [7, 11) is 0. The number of thiophene rings is 1. The Morgan fingerprint density at radius 2 is 2.07 bits per heavy atom. The van der Waals surface area contributed by atoms with Crippen LogP contribution in [0.2, 0.25) is 0 Å². The number of hydrogen-bond acceptors (Lipinski definition) is 4. The van der Waals surface area contributed by atoms with E-state index in [1.807, 2.05) is 23.6 Å². The van der Waals surface area contributed by atoms with Crippen LogP contribution in [0.25, 0.3) is 0 Å². The van der Waals surface area contributed by atoms with Crippen LogP contribution in [0.4, 0.5) is 0 Å². The zero-order valence-electron chi connectivity index (χ0n) is 7.21. The van der Waals surface area contributed by atoms with Gasteiger partial charge in [-0.1, -0.05) is 11.8 Å². The van der Waals surface area contributed by atoms with Gasteiger partial charge in [0.25, 0.3) is 0 Å². The Bertz CT molecular complexity index is 425. The van der Waals surface area contributed by atoms with Gasteiger partial charge < -0.3 is 0 Å². The van der Waals surface area contributed by atoms with Crippen LogP contribution in [0.5, 0.6) is 0 Å². The number of carbonyl (C=O) groups excluding carboxylic acids is 1. The van der Waals surface area contributed by atoms with Gasteiger partial charge in [-0.05, 0) is 18.2 Å². The molecule has 2 rings (SSSR count). The third-order valence-corrected chi connectivity index (χ3v) is 3.58. The highest BCUT2D eigenvalue weighted by Crippen LogP contribution is 2.30. The Morgan fingerprint density at radius 1 is 1.29 bits per heavy atom. The zero-order valence-corrected chi connectivity index (χ0v) is 8.85. The van der Waals surface area contributed by atoms with Crippen LogP contribution < -0.4 is 0 Å². The number of pyridine rings is 1. The van der Waals surface area contributed by atoms with E-state index in [1.54, 1.807) is 24.2 Å². The van der Waals surface area contributed by atoms with Gasteiger partial charge in [0.15, 0.2) is 6.29 Å². The molecule has 0 aliphatic carbocycles. The van der Waals surface area contributed by atoms with Gasteiger partial charge in [-0.3, -0.25) is 9.78 Å². The highest BCUT2D eigenvalue weighted by atomic mass is 32.2. The fourth-order valence-electron chi connectivity index (χ4n) is 0.992. The molecule has 0 saturated carbocycles. The summed E-state index contributed by atoms with van der Waals surface area (Å²) in [5, 5.41) is 1.98. The van der Waals surface area contributed by atoms with Gasteiger partial charge in [-0.15, -0.1) is 11.3 Å². The standard InChI is InChI=1S/C10H7NOS2/c12-6-9-5-10(7-13-9)14-8-1-3-11-4-2-8/h1-7H. The summed E-state index contributed by atoms with van der Waals surface area (Å²) in [6.45, 7) is 0. The first-order valence-corrected chi connectivity index (χ1v) is 5.70. The smallest absolute Gasteiger partial charge is 0.160 e. The number of aldehydes is 1. The van der Waals surface area contributed by atoms with E-state index in [0.29, 0.717) is 0 Å². The van der Waals surface area contributed by atoms with E-state index in [-0.39, 0.29) is 0 Å². The molecular formula is C10H7NOS2. The molecule has 0 atom stereocenters. The number of rotatable bonds is 3. The molecule has 0 fully saturated rings. The van der Waals surface area contributed by atoms with Crippen molar-refractivity contribution in [1.82, 2.24) is 4.98 Å². The lowest BCUT2D eigenvalue weighted by Crippen LogP contribution is -1.71. The first-order valence-electron chi connectivity index (χ1n) is 4.00. The molecule has 0 bridgehead atoms. The lowest BCUT2D eigenvalue weighted by molar-refractivity contribution is 0.112. The molecule has 0 aromatic carbocycles. The van der Waals surface area contributed by atoms with Crippen LogP contribution in [-0.4, -0.2) is 11.3 Å². The monoisotopic (exact) mass is 221 g/mol. The molecule has 0 unspecified atom stereocenters. The van der Waals surface area contributed by atoms with Crippen molar-refractivity contribution in [2.24, 2.45) is 0 Å². The highest BCUT2D eigenvalue weighted by molar-refractivity contribution is 7.99. The Morgan fingerprint density at radius 3 is 2.71 bits per heavy atom. The Balaban J connectivity index is 2.15. The van der Waals surface area contributed by atoms with Gasteiger partial charge >= 0.3 is 0 Å². The van der Waals surface area contributed by atoms with Gasteiger partial charge in [0.2, 0.25) is 0 Å². The Kier molecular flexibility index (Phi) is 2.96. The van der Waals surface area contributed by atoms with E-state index in [2.05, 4.69) is 4.98 Å². The van der Waals surface area contributed by atoms with Crippen LogP contribution in [-0.2, 0) is 0 Å². The second kappa shape index (κ2) is 4.39. The maximum atomic E-state index is 10.5. The highest BCUT2D eigenvalue weighted by Gasteiger charge is 2.00. The summed E-state index contributed by atoms with van der Waals surface area (Å²) < 4.78 is 0. The molecule has 0 saturated heterocycles. The fourth-order valence-corrected chi connectivity index (χ4v) is 2.69. The molecule has 0 aliphatic heterocycles. The third kappa shape index (κ3) is 2.21. The van der Waals surface area contributed by atoms with E-state index in [1.165, 1.54) is 11.3 Å². The molecule has 2 aromatic heterocycles. The van der Waals surface area contributed by atoms with Crippen LogP contribution >= 0.6 is 23.1 Å². The number of carbonyl (C=O) groups is 1. The van der Waals surface area contributed by atoms with Gasteiger partial charge in [0.1, 0.15) is 0 Å². The second-order valence-corrected chi connectivity index (χ2v) is 4.68. The van der Waals surface area contributed by atoms with Crippen molar-refractivity contribution in [2.75, 3.05) is 0 Å². The molecule has 2 nitrogen and oxygen atoms in total. The van der Waals surface area contributed by atoms with Gasteiger partial charge in [-0.25, -0.2) is 0 Å². The van der Waals surface area contributed by atoms with Crippen molar-refractivity contribution in [1.29, 1.82) is 0 Å². The van der Waals surface area contributed by atoms with Crippen LogP contribution in [0.1, 0.15) is 9.67 Å². The minimum Gasteiger partial charge on any atom is -0.297 e. The molecule has 14 heavy (non-hydrogen) atoms. The normalized spacial score (nSPS) is 10.0. The molecule has 0 spiro atoms. The average Bonchev–Trinajstić information content (AvgIpc) is 2.67. The lowest BCUT2D eigenvalue weighted by Gasteiger charge is -1.95. The van der Waals surface area contributed by atoms with Gasteiger partial charge in [-0.2, -0.15) is 0 Å². The predicted molar refractivity (Wildman–Crippen MR) is 58.1 cm³/mol. The quantitative estimate of drug-likeness (QED) is 0.746. The maximum Gasteiger partial charge on any atom is 0.160 e. The first-order chi connectivity index (χ1) is 6.88. The minimum atomic E-state index is 0.765. The topological polar surface area (TPSA) is 30.0 Å². The van der Waals surface area contributed by atoms with Crippen molar-refractivity contribution >= 4 is 29.4 Å². The summed E-state index contributed by atoms with van der Waals surface area (Å²) >= 11 is 3.10. The molecule has 0 aliphatic rings. The van der Waals surface area contributed by atoms with E-state index in [9.17, 15) is 4.79 Å². The zero-order chi connectivity index (χ0) is 9.80. The maximum absolute atomic E-state index is 10.5. The average molecular weight is 221 g/mol. The first kappa shape index (κ1) is 9.43. The van der Waals surface area contributed by atoms with Crippen LogP contribution in [0.15, 0.2) is 45.8 Å². The van der Waals surface area contributed by atoms with Crippen LogP contribution in [0, 0.1) is 0 Å². The fraction of sp³-hybridized carbons (Fsp3) is 0. The SMILES string of the molecule is O=Cc1cc(Sc2ccncc2)cs1. The van der Waals surface area contributed by atoms with Crippen molar-refractivity contribution in [3.8, 4) is 0 Å². The van der Waals surface area contributed by atoms with E-state index < -0.39 is 0 Å². The van der Waals surface area contributed by atoms with Crippen molar-refractivity contribution in [3.63, 3.8) is 0 Å². The second-order valence-electron chi connectivity index (χ2n) is 2.59. The predicted octanol–water partition coefficient (Wildman–Crippen LogP) is 3.11. The molecule has 2 aromatic rings. The van der Waals surface area contributed by atoms with Crippen molar-refractivity contribution in [2.45, 2.75) is 9.79 Å². The largest absolute Gasteiger partial charge is 0.297 e. The van der Waals surface area contributed by atoms with Crippen molar-refractivity contribution < 1.29 is 4.79 Å². The lowest BCUT2D eigenvalue weighted by atomic mass is 10.5. The van der Waals surface area contributed by atoms with Gasteiger partial charge in [0, 0.05) is 27.6 Å². The summed E-state index contributed by atoms with van der Waals surface area (Å²) in [4.78, 5) is 17.4. The Labute approximate surface area is 90.0 Å². The molecule has 4 heteroatoms. The summed E-state index contributed by atoms with van der Waals surface area (Å²) in [5.74, 6) is 0. The summed E-state index contributed by atoms with van der Waals surface area (Å²) in [6.07, 6.45) is 4.39. The minimum absolute atomic E-state index is 0.765. The Hall–Kier alpha value is -1.13. The molecule has 0 radical (unpaired) electrons. The number of nitrogens with zero attached hydrogens (tertiary/aromatic N) is 1. The van der Waals surface area contributed by atoms with Crippen LogP contribution in [0.3, 0.4) is 0 Å². The molecule has 0 amide bonds. The molecule has 0 N–H and O–H groups in total. The summed E-state index contributed by atoms with van der Waals surface area (Å²) in [5.41, 5.74) is 0. The van der Waals surface area contributed by atoms with E-state index >= 15 is 0 Å². The molecular weight excluding hydrogens is 214 g/mol. The van der Waals surface area contributed by atoms with Crippen molar-refractivity contribution in [3.05, 3.63) is 40.8 Å². The summed E-state index contributed by atoms with van der Waals surface area (Å²) in [6, 6.07) is 5.79. The molecule has 2 heterocycles. The number of aromatic nitrogens is 1. The third-order valence-electron chi connectivity index (χ3n) is 1.60. The molecule has 70 valence electrons. The van der Waals surface area contributed by atoms with E-state index in [0.717, 1.165) is 21.0 Å². The number of hydrogen-bond donors (Lipinski definition) is 0.